The summed E-state index contributed by atoms with van der Waals surface area (Å²) in [6.45, 7) is 1.66. The van der Waals surface area contributed by atoms with Crippen LogP contribution in [0.4, 0.5) is 10.5 Å². The minimum atomic E-state index is -0.222. The lowest BCUT2D eigenvalue weighted by atomic mass is 9.88. The van der Waals surface area contributed by atoms with Gasteiger partial charge < -0.3 is 20.7 Å². The smallest absolute Gasteiger partial charge is 0.319 e. The number of carbonyl (C=O) groups excluding carboxylic acids is 1. The minimum Gasteiger partial charge on any atom is -0.481 e. The van der Waals surface area contributed by atoms with Gasteiger partial charge in [0.05, 0.1) is 7.11 Å². The Morgan fingerprint density at radius 2 is 2.04 bits per heavy atom. The van der Waals surface area contributed by atoms with E-state index in [9.17, 15) is 4.79 Å². The molecule has 0 radical (unpaired) electrons. The Hall–Kier alpha value is -2.02. The number of halogens is 2. The van der Waals surface area contributed by atoms with Crippen LogP contribution in [0.3, 0.4) is 0 Å². The maximum Gasteiger partial charge on any atom is 0.319 e. The van der Waals surface area contributed by atoms with Crippen molar-refractivity contribution >= 4 is 35.7 Å². The highest BCUT2D eigenvalue weighted by atomic mass is 35.5. The van der Waals surface area contributed by atoms with E-state index in [1.54, 1.807) is 31.4 Å². The van der Waals surface area contributed by atoms with Crippen LogP contribution >= 0.6 is 24.0 Å². The molecule has 1 fully saturated rings. The predicted octanol–water partition coefficient (Wildman–Crippen LogP) is 3.43. The van der Waals surface area contributed by atoms with E-state index in [-0.39, 0.29) is 30.4 Å². The SMILES string of the molecule is COc1ccc([C@@H]2CNCC[C@H]2NC(=O)Nc2ccc(Cl)cc2)cn1.Cl. The molecule has 1 saturated heterocycles. The van der Waals surface area contributed by atoms with Crippen LogP contribution in [0.2, 0.25) is 5.02 Å². The molecule has 3 N–H and O–H groups in total. The van der Waals surface area contributed by atoms with Crippen LogP contribution in [0.1, 0.15) is 17.9 Å². The maximum absolute atomic E-state index is 12.3. The summed E-state index contributed by atoms with van der Waals surface area (Å²) >= 11 is 5.86. The number of benzene rings is 1. The van der Waals surface area contributed by atoms with Crippen molar-refractivity contribution < 1.29 is 9.53 Å². The zero-order valence-corrected chi connectivity index (χ0v) is 15.9. The maximum atomic E-state index is 12.3. The lowest BCUT2D eigenvalue weighted by molar-refractivity contribution is 0.242. The Bertz CT molecular complexity index is 710. The highest BCUT2D eigenvalue weighted by Crippen LogP contribution is 2.24. The molecule has 0 bridgehead atoms. The van der Waals surface area contributed by atoms with E-state index < -0.39 is 0 Å². The van der Waals surface area contributed by atoms with Gasteiger partial charge in [-0.25, -0.2) is 9.78 Å². The van der Waals surface area contributed by atoms with Crippen molar-refractivity contribution in [1.29, 1.82) is 0 Å². The fourth-order valence-corrected chi connectivity index (χ4v) is 3.11. The number of nitrogens with one attached hydrogen (secondary N) is 3. The van der Waals surface area contributed by atoms with Crippen molar-refractivity contribution in [1.82, 2.24) is 15.6 Å². The quantitative estimate of drug-likeness (QED) is 0.739. The van der Waals surface area contributed by atoms with Crippen LogP contribution in [0, 0.1) is 0 Å². The molecule has 0 aliphatic carbocycles. The molecule has 3 rings (SSSR count). The number of methoxy groups -OCH3 is 1. The number of aromatic nitrogens is 1. The summed E-state index contributed by atoms with van der Waals surface area (Å²) in [5, 5.41) is 9.93. The highest BCUT2D eigenvalue weighted by Gasteiger charge is 2.28. The third kappa shape index (κ3) is 5.24. The first kappa shape index (κ1) is 20.3. The monoisotopic (exact) mass is 396 g/mol. The second kappa shape index (κ2) is 9.62. The molecule has 0 unspecified atom stereocenters. The van der Waals surface area contributed by atoms with E-state index in [4.69, 9.17) is 16.3 Å². The number of hydrogen-bond donors (Lipinski definition) is 3. The average molecular weight is 397 g/mol. The van der Waals surface area contributed by atoms with Gasteiger partial charge >= 0.3 is 6.03 Å². The van der Waals surface area contributed by atoms with E-state index in [2.05, 4.69) is 20.9 Å². The summed E-state index contributed by atoms with van der Waals surface area (Å²) in [7, 11) is 1.59. The molecule has 8 heteroatoms. The number of urea groups is 1. The van der Waals surface area contributed by atoms with Gasteiger partial charge in [-0.3, -0.25) is 0 Å². The first-order valence-corrected chi connectivity index (χ1v) is 8.57. The van der Waals surface area contributed by atoms with Gasteiger partial charge in [-0.2, -0.15) is 0 Å². The Balaban J connectivity index is 0.00000243. The second-order valence-electron chi connectivity index (χ2n) is 5.95. The van der Waals surface area contributed by atoms with Gasteiger partial charge in [-0.1, -0.05) is 17.7 Å². The predicted molar refractivity (Wildman–Crippen MR) is 106 cm³/mol. The van der Waals surface area contributed by atoms with Crippen molar-refractivity contribution in [2.45, 2.75) is 18.4 Å². The summed E-state index contributed by atoms with van der Waals surface area (Å²) in [5.74, 6) is 0.737. The number of rotatable bonds is 4. The van der Waals surface area contributed by atoms with Crippen LogP contribution in [-0.2, 0) is 0 Å². The second-order valence-corrected chi connectivity index (χ2v) is 6.38. The third-order valence-corrected chi connectivity index (χ3v) is 4.55. The topological polar surface area (TPSA) is 75.3 Å². The van der Waals surface area contributed by atoms with Crippen LogP contribution < -0.4 is 20.7 Å². The van der Waals surface area contributed by atoms with Crippen molar-refractivity contribution in [3.8, 4) is 5.88 Å². The van der Waals surface area contributed by atoms with Gasteiger partial charge in [0.1, 0.15) is 0 Å². The average Bonchev–Trinajstić information content (AvgIpc) is 2.64. The largest absolute Gasteiger partial charge is 0.481 e. The molecule has 140 valence electrons. The molecular formula is C18H22Cl2N4O2. The molecule has 2 heterocycles. The molecule has 2 amide bonds. The Morgan fingerprint density at radius 1 is 1.27 bits per heavy atom. The lowest BCUT2D eigenvalue weighted by Gasteiger charge is -2.33. The standard InChI is InChI=1S/C18H21ClN4O2.ClH/c1-25-17-7-2-12(10-21-17)15-11-20-9-8-16(15)23-18(24)22-14-5-3-13(19)4-6-14;/h2-7,10,15-16,20H,8-9,11H2,1H3,(H2,22,23,24);1H/t15-,16+;/m0./s1. The molecule has 1 aromatic heterocycles. The van der Waals surface area contributed by atoms with Gasteiger partial charge in [0.25, 0.3) is 0 Å². The van der Waals surface area contributed by atoms with E-state index >= 15 is 0 Å². The number of piperidine rings is 1. The molecule has 2 atom stereocenters. The number of carbonyl (C=O) groups is 1. The van der Waals surface area contributed by atoms with Crippen molar-refractivity contribution in [2.75, 3.05) is 25.5 Å². The number of hydrogen-bond acceptors (Lipinski definition) is 4. The summed E-state index contributed by atoms with van der Waals surface area (Å²) < 4.78 is 5.11. The van der Waals surface area contributed by atoms with Crippen LogP contribution in [0.15, 0.2) is 42.6 Å². The number of anilines is 1. The number of nitrogens with zero attached hydrogens (tertiary/aromatic N) is 1. The molecule has 26 heavy (non-hydrogen) atoms. The van der Waals surface area contributed by atoms with Gasteiger partial charge in [0.2, 0.25) is 5.88 Å². The fourth-order valence-electron chi connectivity index (χ4n) is 2.98. The third-order valence-electron chi connectivity index (χ3n) is 4.30. The first-order valence-electron chi connectivity index (χ1n) is 8.19. The van der Waals surface area contributed by atoms with Crippen LogP contribution in [0.25, 0.3) is 0 Å². The van der Waals surface area contributed by atoms with Crippen LogP contribution in [-0.4, -0.2) is 37.3 Å². The van der Waals surface area contributed by atoms with E-state index in [0.717, 1.165) is 25.1 Å². The molecule has 1 aromatic carbocycles. The highest BCUT2D eigenvalue weighted by molar-refractivity contribution is 6.30. The van der Waals surface area contributed by atoms with Gasteiger partial charge in [0.15, 0.2) is 0 Å². The Kier molecular flexibility index (Phi) is 7.50. The first-order chi connectivity index (χ1) is 12.2. The molecule has 0 spiro atoms. The molecule has 1 aliphatic heterocycles. The summed E-state index contributed by atoms with van der Waals surface area (Å²) in [6.07, 6.45) is 2.66. The zero-order chi connectivity index (χ0) is 17.6. The summed E-state index contributed by atoms with van der Waals surface area (Å²) in [5.41, 5.74) is 1.78. The van der Waals surface area contributed by atoms with Crippen molar-refractivity contribution in [3.63, 3.8) is 0 Å². The van der Waals surface area contributed by atoms with E-state index in [1.165, 1.54) is 0 Å². The van der Waals surface area contributed by atoms with Gasteiger partial charge in [-0.05, 0) is 42.8 Å². The zero-order valence-electron chi connectivity index (χ0n) is 14.4. The summed E-state index contributed by atoms with van der Waals surface area (Å²) in [6, 6.07) is 10.7. The van der Waals surface area contributed by atoms with Crippen molar-refractivity contribution in [2.24, 2.45) is 0 Å². The lowest BCUT2D eigenvalue weighted by Crippen LogP contribution is -2.49. The number of ether oxygens (including phenoxy) is 1. The molecule has 0 saturated carbocycles. The molecule has 2 aromatic rings. The number of pyridine rings is 1. The van der Waals surface area contributed by atoms with Crippen molar-refractivity contribution in [3.05, 3.63) is 53.2 Å². The molecule has 6 nitrogen and oxygen atoms in total. The number of amides is 2. The van der Waals surface area contributed by atoms with Gasteiger partial charge in [0, 0.05) is 41.5 Å². The minimum absolute atomic E-state index is 0. The Morgan fingerprint density at radius 3 is 2.69 bits per heavy atom. The fraction of sp³-hybridized carbons (Fsp3) is 0.333. The van der Waals surface area contributed by atoms with Gasteiger partial charge in [-0.15, -0.1) is 12.4 Å². The Labute approximate surface area is 164 Å². The van der Waals surface area contributed by atoms with Crippen LogP contribution in [0.5, 0.6) is 5.88 Å². The summed E-state index contributed by atoms with van der Waals surface area (Å²) in [4.78, 5) is 16.6. The normalized spacial score (nSPS) is 19.2. The van der Waals surface area contributed by atoms with E-state index in [0.29, 0.717) is 16.6 Å². The molecular weight excluding hydrogens is 375 g/mol. The molecule has 1 aliphatic rings. The van der Waals surface area contributed by atoms with E-state index in [1.807, 2.05) is 18.3 Å².